The standard InChI is InChI=1S/C19H19N3O2S.C4H10/c1-14-16(12-21-23)11-19(22(14)13-15-7-9-20-10-8-15)25-18-6-4-3-5-17(18)24-2;1-4(2)3/h3-11H,12-13H2,1-2H3;4H,1-3H3. The predicted molar refractivity (Wildman–Crippen MR) is 120 cm³/mol. The fourth-order valence-corrected chi connectivity index (χ4v) is 3.80. The second kappa shape index (κ2) is 11.4. The smallest absolute Gasteiger partial charge is 0.132 e. The molecule has 0 spiro atoms. The summed E-state index contributed by atoms with van der Waals surface area (Å²) in [6.45, 7) is 9.41. The summed E-state index contributed by atoms with van der Waals surface area (Å²) in [5.41, 5.74) is 3.15. The Bertz CT molecular complexity index is 905. The number of nitroso groups, excluding NO2 is 1. The normalized spacial score (nSPS) is 10.4. The quantitative estimate of drug-likeness (QED) is 0.426. The third-order valence-corrected chi connectivity index (χ3v) is 5.15. The van der Waals surface area contributed by atoms with Crippen molar-refractivity contribution in [3.63, 3.8) is 0 Å². The maximum atomic E-state index is 10.8. The number of hydrogen-bond acceptors (Lipinski definition) is 5. The Balaban J connectivity index is 0.000000687. The van der Waals surface area contributed by atoms with E-state index in [0.717, 1.165) is 38.4 Å². The van der Waals surface area contributed by atoms with Gasteiger partial charge in [-0.25, -0.2) is 0 Å². The van der Waals surface area contributed by atoms with Gasteiger partial charge >= 0.3 is 0 Å². The molecule has 3 rings (SSSR count). The first kappa shape index (κ1) is 22.7. The second-order valence-electron chi connectivity index (χ2n) is 7.31. The first-order chi connectivity index (χ1) is 14.0. The van der Waals surface area contributed by atoms with Gasteiger partial charge in [0.1, 0.15) is 12.3 Å². The van der Waals surface area contributed by atoms with Gasteiger partial charge in [-0.15, -0.1) is 0 Å². The fourth-order valence-electron chi connectivity index (χ4n) is 2.67. The maximum Gasteiger partial charge on any atom is 0.132 e. The highest BCUT2D eigenvalue weighted by atomic mass is 32.2. The van der Waals surface area contributed by atoms with Crippen LogP contribution in [0.15, 0.2) is 70.0 Å². The molecule has 5 nitrogen and oxygen atoms in total. The molecule has 0 saturated carbocycles. The van der Waals surface area contributed by atoms with E-state index >= 15 is 0 Å². The molecule has 154 valence electrons. The molecule has 0 saturated heterocycles. The lowest BCUT2D eigenvalue weighted by atomic mass is 10.2. The summed E-state index contributed by atoms with van der Waals surface area (Å²) < 4.78 is 7.65. The van der Waals surface area contributed by atoms with Crippen LogP contribution in [-0.2, 0) is 13.1 Å². The van der Waals surface area contributed by atoms with E-state index < -0.39 is 0 Å². The highest BCUT2D eigenvalue weighted by Crippen LogP contribution is 2.37. The van der Waals surface area contributed by atoms with Crippen LogP contribution < -0.4 is 4.74 Å². The molecule has 0 atom stereocenters. The number of rotatable bonds is 7. The average Bonchev–Trinajstić information content (AvgIpc) is 2.98. The number of para-hydroxylation sites is 1. The van der Waals surface area contributed by atoms with E-state index in [1.165, 1.54) is 0 Å². The largest absolute Gasteiger partial charge is 0.496 e. The van der Waals surface area contributed by atoms with Crippen LogP contribution in [0.2, 0.25) is 0 Å². The minimum atomic E-state index is 0.175. The molecular formula is C23H29N3O2S. The molecule has 0 bridgehead atoms. The van der Waals surface area contributed by atoms with E-state index in [4.69, 9.17) is 4.74 Å². The Kier molecular flexibility index (Phi) is 8.93. The van der Waals surface area contributed by atoms with Crippen LogP contribution in [0.1, 0.15) is 37.6 Å². The van der Waals surface area contributed by atoms with E-state index in [1.54, 1.807) is 31.3 Å². The van der Waals surface area contributed by atoms with Gasteiger partial charge in [-0.05, 0) is 54.3 Å². The molecule has 0 aliphatic heterocycles. The van der Waals surface area contributed by atoms with Crippen molar-refractivity contribution in [3.8, 4) is 5.75 Å². The van der Waals surface area contributed by atoms with Crippen molar-refractivity contribution in [1.29, 1.82) is 0 Å². The van der Waals surface area contributed by atoms with E-state index in [-0.39, 0.29) is 6.54 Å². The molecule has 0 fully saturated rings. The predicted octanol–water partition coefficient (Wildman–Crippen LogP) is 6.33. The van der Waals surface area contributed by atoms with Gasteiger partial charge in [0.25, 0.3) is 0 Å². The molecule has 0 N–H and O–H groups in total. The Morgan fingerprint density at radius 2 is 1.79 bits per heavy atom. The van der Waals surface area contributed by atoms with Gasteiger partial charge in [0, 0.05) is 24.6 Å². The van der Waals surface area contributed by atoms with Gasteiger partial charge in [-0.2, -0.15) is 4.91 Å². The molecule has 0 aliphatic carbocycles. The van der Waals surface area contributed by atoms with Crippen molar-refractivity contribution in [2.45, 2.75) is 50.7 Å². The molecule has 3 aromatic rings. The van der Waals surface area contributed by atoms with E-state index in [9.17, 15) is 4.91 Å². The van der Waals surface area contributed by atoms with Gasteiger partial charge in [0.2, 0.25) is 0 Å². The molecule has 1 aromatic carbocycles. The lowest BCUT2D eigenvalue weighted by Gasteiger charge is -2.13. The molecular weight excluding hydrogens is 382 g/mol. The van der Waals surface area contributed by atoms with Crippen molar-refractivity contribution in [2.24, 2.45) is 11.1 Å². The third-order valence-electron chi connectivity index (χ3n) is 4.04. The Morgan fingerprint density at radius 1 is 1.14 bits per heavy atom. The van der Waals surface area contributed by atoms with Crippen molar-refractivity contribution in [1.82, 2.24) is 9.55 Å². The summed E-state index contributed by atoms with van der Waals surface area (Å²) in [5, 5.41) is 4.11. The van der Waals surface area contributed by atoms with E-state index in [0.29, 0.717) is 6.54 Å². The van der Waals surface area contributed by atoms with Gasteiger partial charge in [-0.3, -0.25) is 4.98 Å². The first-order valence-corrected chi connectivity index (χ1v) is 10.5. The summed E-state index contributed by atoms with van der Waals surface area (Å²) in [6.07, 6.45) is 3.57. The molecule has 0 amide bonds. The van der Waals surface area contributed by atoms with Crippen molar-refractivity contribution in [3.05, 3.63) is 76.6 Å². The molecule has 2 heterocycles. The molecule has 29 heavy (non-hydrogen) atoms. The van der Waals surface area contributed by atoms with Crippen LogP contribution in [-0.4, -0.2) is 16.7 Å². The molecule has 0 unspecified atom stereocenters. The Labute approximate surface area is 177 Å². The van der Waals surface area contributed by atoms with Gasteiger partial charge in [-0.1, -0.05) is 49.8 Å². The fraction of sp³-hybridized carbons (Fsp3) is 0.348. The van der Waals surface area contributed by atoms with Crippen LogP contribution in [0.3, 0.4) is 0 Å². The number of benzene rings is 1. The van der Waals surface area contributed by atoms with Crippen LogP contribution >= 0.6 is 11.8 Å². The summed E-state index contributed by atoms with van der Waals surface area (Å²) >= 11 is 1.62. The number of ether oxygens (including phenoxy) is 1. The number of nitrogens with zero attached hydrogens (tertiary/aromatic N) is 3. The Hall–Kier alpha value is -2.60. The average molecular weight is 412 g/mol. The van der Waals surface area contributed by atoms with Gasteiger partial charge < -0.3 is 9.30 Å². The number of hydrogen-bond donors (Lipinski definition) is 0. The number of pyridine rings is 1. The molecule has 0 aliphatic rings. The summed E-state index contributed by atoms with van der Waals surface area (Å²) in [5.74, 6) is 1.66. The van der Waals surface area contributed by atoms with Gasteiger partial charge in [0.15, 0.2) is 0 Å². The van der Waals surface area contributed by atoms with Gasteiger partial charge in [0.05, 0.1) is 17.0 Å². The summed E-state index contributed by atoms with van der Waals surface area (Å²) in [6, 6.07) is 13.9. The van der Waals surface area contributed by atoms with Crippen molar-refractivity contribution < 1.29 is 4.74 Å². The van der Waals surface area contributed by atoms with Crippen LogP contribution in [0.5, 0.6) is 5.75 Å². The van der Waals surface area contributed by atoms with Crippen LogP contribution in [0.25, 0.3) is 0 Å². The molecule has 2 aromatic heterocycles. The van der Waals surface area contributed by atoms with Crippen molar-refractivity contribution in [2.75, 3.05) is 7.11 Å². The topological polar surface area (TPSA) is 56.5 Å². The maximum absolute atomic E-state index is 10.8. The minimum absolute atomic E-state index is 0.175. The van der Waals surface area contributed by atoms with E-state index in [1.807, 2.05) is 49.4 Å². The molecule has 6 heteroatoms. The highest BCUT2D eigenvalue weighted by Gasteiger charge is 2.15. The lowest BCUT2D eigenvalue weighted by molar-refractivity contribution is 0.405. The zero-order valence-corrected chi connectivity index (χ0v) is 18.6. The lowest BCUT2D eigenvalue weighted by Crippen LogP contribution is -2.04. The zero-order valence-electron chi connectivity index (χ0n) is 17.8. The highest BCUT2D eigenvalue weighted by molar-refractivity contribution is 7.99. The summed E-state index contributed by atoms with van der Waals surface area (Å²) in [7, 11) is 1.67. The zero-order chi connectivity index (χ0) is 21.2. The van der Waals surface area contributed by atoms with Crippen LogP contribution in [0.4, 0.5) is 0 Å². The van der Waals surface area contributed by atoms with E-state index in [2.05, 4.69) is 35.5 Å². The monoisotopic (exact) mass is 411 g/mol. The van der Waals surface area contributed by atoms with Crippen LogP contribution in [0, 0.1) is 17.7 Å². The first-order valence-electron chi connectivity index (χ1n) is 9.64. The number of methoxy groups -OCH3 is 1. The SMILES string of the molecule is CC(C)C.COc1ccccc1Sc1cc(CN=O)c(C)n1Cc1ccncc1. The number of aromatic nitrogens is 2. The molecule has 0 radical (unpaired) electrons. The third kappa shape index (κ3) is 6.75. The minimum Gasteiger partial charge on any atom is -0.496 e. The second-order valence-corrected chi connectivity index (χ2v) is 8.37. The Morgan fingerprint density at radius 3 is 2.41 bits per heavy atom. The van der Waals surface area contributed by atoms with Crippen molar-refractivity contribution >= 4 is 11.8 Å². The summed E-state index contributed by atoms with van der Waals surface area (Å²) in [4.78, 5) is 15.9.